The van der Waals surface area contributed by atoms with Crippen LogP contribution in [0.5, 0.6) is 0 Å². The molecule has 0 unspecified atom stereocenters. The van der Waals surface area contributed by atoms with E-state index < -0.39 is 0 Å². The summed E-state index contributed by atoms with van der Waals surface area (Å²) < 4.78 is 1.49. The average Bonchev–Trinajstić information content (AvgIpc) is 2.84. The average molecular weight is 276 g/mol. The van der Waals surface area contributed by atoms with E-state index in [-0.39, 0.29) is 17.8 Å². The van der Waals surface area contributed by atoms with Crippen molar-refractivity contribution in [1.29, 1.82) is 0 Å². The molecule has 0 bridgehead atoms. The summed E-state index contributed by atoms with van der Waals surface area (Å²) in [7, 11) is 0. The van der Waals surface area contributed by atoms with Gasteiger partial charge in [-0.2, -0.15) is 4.98 Å². The Labute approximate surface area is 115 Å². The van der Waals surface area contributed by atoms with Crippen LogP contribution in [0.1, 0.15) is 29.0 Å². The van der Waals surface area contributed by atoms with Crippen molar-refractivity contribution in [3.8, 4) is 0 Å². The highest BCUT2D eigenvalue weighted by Gasteiger charge is 2.21. The van der Waals surface area contributed by atoms with Gasteiger partial charge in [-0.05, 0) is 25.3 Å². The van der Waals surface area contributed by atoms with Gasteiger partial charge in [-0.25, -0.2) is 14.5 Å². The van der Waals surface area contributed by atoms with Crippen LogP contribution < -0.4 is 5.43 Å². The lowest BCUT2D eigenvalue weighted by molar-refractivity contribution is 0.0461. The van der Waals surface area contributed by atoms with Crippen LogP contribution >= 0.6 is 0 Å². The molecule has 0 saturated carbocycles. The number of aryl methyl sites for hydroxylation is 1. The summed E-state index contributed by atoms with van der Waals surface area (Å²) in [5.41, 5.74) is 3.69. The van der Waals surface area contributed by atoms with Crippen LogP contribution in [0.4, 0.5) is 0 Å². The second-order valence-corrected chi connectivity index (χ2v) is 4.97. The molecule has 1 aliphatic rings. The quantitative estimate of drug-likeness (QED) is 0.770. The Morgan fingerprint density at radius 1 is 1.45 bits per heavy atom. The molecule has 0 aliphatic carbocycles. The van der Waals surface area contributed by atoms with Crippen LogP contribution in [0.15, 0.2) is 12.4 Å². The van der Waals surface area contributed by atoms with Gasteiger partial charge in [0, 0.05) is 25.5 Å². The largest absolute Gasteiger partial charge is 0.393 e. The molecule has 0 radical (unpaired) electrons. The number of hydrazine groups is 1. The number of aliphatic hydroxyl groups is 1. The maximum atomic E-state index is 12.1. The van der Waals surface area contributed by atoms with E-state index in [1.165, 1.54) is 4.52 Å². The Kier molecular flexibility index (Phi) is 3.33. The number of aromatic nitrogens is 4. The Hall–Kier alpha value is -2.06. The summed E-state index contributed by atoms with van der Waals surface area (Å²) in [5.74, 6) is 0.133. The molecule has 20 heavy (non-hydrogen) atoms. The van der Waals surface area contributed by atoms with Crippen LogP contribution in [-0.2, 0) is 0 Å². The van der Waals surface area contributed by atoms with E-state index in [4.69, 9.17) is 0 Å². The minimum absolute atomic E-state index is 0.0919. The Bertz CT molecular complexity index is 632. The fourth-order valence-electron chi connectivity index (χ4n) is 2.14. The normalized spacial score (nSPS) is 17.5. The van der Waals surface area contributed by atoms with E-state index in [9.17, 15) is 9.90 Å². The van der Waals surface area contributed by atoms with Crippen molar-refractivity contribution >= 4 is 11.7 Å². The fraction of sp³-hybridized carbons (Fsp3) is 0.500. The third kappa shape index (κ3) is 2.61. The van der Waals surface area contributed by atoms with E-state index in [1.54, 1.807) is 17.4 Å². The van der Waals surface area contributed by atoms with Crippen molar-refractivity contribution in [1.82, 2.24) is 30.0 Å². The first-order valence-corrected chi connectivity index (χ1v) is 6.55. The van der Waals surface area contributed by atoms with Gasteiger partial charge in [0.15, 0.2) is 0 Å². The molecule has 3 heterocycles. The third-order valence-electron chi connectivity index (χ3n) is 3.25. The van der Waals surface area contributed by atoms with Gasteiger partial charge in [0.2, 0.25) is 5.82 Å². The molecule has 3 rings (SSSR count). The second-order valence-electron chi connectivity index (χ2n) is 4.97. The van der Waals surface area contributed by atoms with Crippen molar-refractivity contribution < 1.29 is 9.90 Å². The number of amides is 1. The van der Waals surface area contributed by atoms with Crippen LogP contribution in [0.2, 0.25) is 0 Å². The van der Waals surface area contributed by atoms with Gasteiger partial charge in [-0.15, -0.1) is 5.10 Å². The lowest BCUT2D eigenvalue weighted by Crippen LogP contribution is -2.47. The zero-order valence-corrected chi connectivity index (χ0v) is 11.2. The van der Waals surface area contributed by atoms with Crippen molar-refractivity contribution in [3.63, 3.8) is 0 Å². The summed E-state index contributed by atoms with van der Waals surface area (Å²) in [6.45, 7) is 3.14. The fourth-order valence-corrected chi connectivity index (χ4v) is 2.14. The van der Waals surface area contributed by atoms with Crippen LogP contribution in [-0.4, -0.2) is 54.8 Å². The van der Waals surface area contributed by atoms with Crippen LogP contribution in [0.3, 0.4) is 0 Å². The molecule has 1 fully saturated rings. The predicted octanol–water partition coefficient (Wildman–Crippen LogP) is -0.466. The smallest absolute Gasteiger partial charge is 0.305 e. The molecule has 2 aromatic heterocycles. The number of hydrogen-bond donors (Lipinski definition) is 2. The Morgan fingerprint density at radius 3 is 2.95 bits per heavy atom. The number of fused-ring (bicyclic) bond motifs is 1. The highest BCUT2D eigenvalue weighted by atomic mass is 16.3. The number of aliphatic hydroxyl groups excluding tert-OH is 1. The maximum absolute atomic E-state index is 12.1. The molecule has 0 spiro atoms. The van der Waals surface area contributed by atoms with Gasteiger partial charge in [0.25, 0.3) is 5.78 Å². The zero-order valence-electron chi connectivity index (χ0n) is 11.2. The molecule has 1 aliphatic heterocycles. The highest BCUT2D eigenvalue weighted by Crippen LogP contribution is 2.08. The number of piperidine rings is 1. The topological polar surface area (TPSA) is 95.7 Å². The first-order valence-electron chi connectivity index (χ1n) is 6.55. The van der Waals surface area contributed by atoms with Gasteiger partial charge in [-0.3, -0.25) is 10.2 Å². The first-order chi connectivity index (χ1) is 9.61. The minimum Gasteiger partial charge on any atom is -0.393 e. The van der Waals surface area contributed by atoms with E-state index in [0.717, 1.165) is 5.56 Å². The number of nitrogens with zero attached hydrogens (tertiary/aromatic N) is 5. The summed E-state index contributed by atoms with van der Waals surface area (Å²) in [6.07, 6.45) is 4.48. The molecule has 2 N–H and O–H groups in total. The molecule has 106 valence electrons. The molecule has 8 nitrogen and oxygen atoms in total. The summed E-state index contributed by atoms with van der Waals surface area (Å²) >= 11 is 0. The lowest BCUT2D eigenvalue weighted by Gasteiger charge is -2.29. The summed E-state index contributed by atoms with van der Waals surface area (Å²) in [5, 5.41) is 15.3. The number of hydrogen-bond acceptors (Lipinski definition) is 6. The predicted molar refractivity (Wildman–Crippen MR) is 69.8 cm³/mol. The molecular formula is C12H16N6O2. The molecular weight excluding hydrogens is 260 g/mol. The first kappa shape index (κ1) is 12.9. The van der Waals surface area contributed by atoms with Crippen LogP contribution in [0.25, 0.3) is 5.78 Å². The highest BCUT2D eigenvalue weighted by molar-refractivity contribution is 5.90. The number of nitrogens with one attached hydrogen (secondary N) is 1. The van der Waals surface area contributed by atoms with Gasteiger partial charge in [0.1, 0.15) is 0 Å². The zero-order chi connectivity index (χ0) is 14.1. The van der Waals surface area contributed by atoms with Crippen molar-refractivity contribution in [2.75, 3.05) is 13.1 Å². The lowest BCUT2D eigenvalue weighted by atomic mass is 10.1. The molecule has 0 aromatic carbocycles. The van der Waals surface area contributed by atoms with Gasteiger partial charge < -0.3 is 5.11 Å². The maximum Gasteiger partial charge on any atom is 0.305 e. The Morgan fingerprint density at radius 2 is 2.20 bits per heavy atom. The van der Waals surface area contributed by atoms with E-state index in [2.05, 4.69) is 20.5 Å². The number of carbonyl (C=O) groups is 1. The molecule has 1 amide bonds. The van der Waals surface area contributed by atoms with Crippen LogP contribution in [0, 0.1) is 6.92 Å². The van der Waals surface area contributed by atoms with Gasteiger partial charge in [0.05, 0.1) is 6.10 Å². The molecule has 0 atom stereocenters. The minimum atomic E-state index is -0.357. The van der Waals surface area contributed by atoms with E-state index in [1.807, 2.05) is 6.92 Å². The summed E-state index contributed by atoms with van der Waals surface area (Å²) in [6, 6.07) is 0. The third-order valence-corrected chi connectivity index (χ3v) is 3.25. The number of carbonyl (C=O) groups excluding carboxylic acids is 1. The molecule has 2 aromatic rings. The van der Waals surface area contributed by atoms with Crippen molar-refractivity contribution in [2.45, 2.75) is 25.9 Å². The standard InChI is InChI=1S/C12H16N6O2/c1-8-6-13-12-14-10(15-18(12)7-8)11(20)16-17-4-2-9(19)3-5-17/h6-7,9,19H,2-5H2,1H3,(H,16,20). The monoisotopic (exact) mass is 276 g/mol. The number of rotatable bonds is 2. The van der Waals surface area contributed by atoms with Gasteiger partial charge in [-0.1, -0.05) is 0 Å². The Balaban J connectivity index is 1.72. The van der Waals surface area contributed by atoms with E-state index in [0.29, 0.717) is 31.7 Å². The van der Waals surface area contributed by atoms with E-state index >= 15 is 0 Å². The molecule has 1 saturated heterocycles. The van der Waals surface area contributed by atoms with Gasteiger partial charge >= 0.3 is 5.91 Å². The molecule has 8 heteroatoms. The summed E-state index contributed by atoms with van der Waals surface area (Å²) in [4.78, 5) is 20.3. The second kappa shape index (κ2) is 5.14. The van der Waals surface area contributed by atoms with Crippen molar-refractivity contribution in [2.24, 2.45) is 0 Å². The SMILES string of the molecule is Cc1cnc2nc(C(=O)NN3CCC(O)CC3)nn2c1. The van der Waals surface area contributed by atoms with Crippen molar-refractivity contribution in [3.05, 3.63) is 23.8 Å².